The summed E-state index contributed by atoms with van der Waals surface area (Å²) in [5.41, 5.74) is 1.83. The number of hydrogen-bond donors (Lipinski definition) is 1. The lowest BCUT2D eigenvalue weighted by atomic mass is 10.1. The zero-order valence-electron chi connectivity index (χ0n) is 9.06. The van der Waals surface area contributed by atoms with E-state index in [1.54, 1.807) is 12.1 Å². The van der Waals surface area contributed by atoms with E-state index >= 15 is 0 Å². The largest absolute Gasteiger partial charge is 0.508 e. The lowest BCUT2D eigenvalue weighted by molar-refractivity contribution is 0.414. The van der Waals surface area contributed by atoms with Gasteiger partial charge in [0.1, 0.15) is 29.0 Å². The first-order chi connectivity index (χ1) is 8.22. The van der Waals surface area contributed by atoms with Crippen molar-refractivity contribution in [2.24, 2.45) is 0 Å². The zero-order valence-corrected chi connectivity index (χ0v) is 9.06. The number of aromatic hydroxyl groups is 1. The van der Waals surface area contributed by atoms with E-state index in [1.807, 2.05) is 12.1 Å². The first kappa shape index (κ1) is 10.8. The van der Waals surface area contributed by atoms with Crippen molar-refractivity contribution in [1.29, 1.82) is 10.5 Å². The number of nitriles is 2. The molecule has 82 valence electrons. The fourth-order valence-corrected chi connectivity index (χ4v) is 1.80. The maximum atomic E-state index is 9.38. The molecule has 0 aromatic carbocycles. The van der Waals surface area contributed by atoms with Crippen LogP contribution in [0.5, 0.6) is 11.5 Å². The molecule has 0 bridgehead atoms. The zero-order chi connectivity index (χ0) is 12.4. The van der Waals surface area contributed by atoms with Crippen LogP contribution in [0.25, 0.3) is 11.1 Å². The molecule has 0 fully saturated rings. The van der Waals surface area contributed by atoms with E-state index in [1.165, 1.54) is 19.2 Å². The quantitative estimate of drug-likeness (QED) is 0.805. The summed E-state index contributed by atoms with van der Waals surface area (Å²) >= 11 is 0. The summed E-state index contributed by atoms with van der Waals surface area (Å²) in [7, 11) is 1.42. The Morgan fingerprint density at radius 1 is 1.00 bits per heavy atom. The van der Waals surface area contributed by atoms with Crippen LogP contribution < -0.4 is 4.74 Å². The maximum absolute atomic E-state index is 9.38. The topological polar surface area (TPSA) is 77.0 Å². The van der Waals surface area contributed by atoms with Gasteiger partial charge in [-0.3, -0.25) is 0 Å². The smallest absolute Gasteiger partial charge is 0.155 e. The number of fused-ring (bicyclic) bond motifs is 1. The summed E-state index contributed by atoms with van der Waals surface area (Å²) in [6.45, 7) is 0. The molecule has 0 aromatic rings. The molecule has 0 heterocycles. The Kier molecular flexibility index (Phi) is 2.56. The second kappa shape index (κ2) is 4.03. The average Bonchev–Trinajstić information content (AvgIpc) is 2.52. The van der Waals surface area contributed by atoms with Gasteiger partial charge in [-0.25, -0.2) is 0 Å². The average molecular weight is 224 g/mol. The van der Waals surface area contributed by atoms with E-state index in [9.17, 15) is 5.11 Å². The molecule has 0 atom stereocenters. The van der Waals surface area contributed by atoms with Gasteiger partial charge < -0.3 is 9.84 Å². The molecule has 0 saturated heterocycles. The third kappa shape index (κ3) is 1.53. The van der Waals surface area contributed by atoms with Crippen LogP contribution in [-0.2, 0) is 0 Å². The molecule has 0 amide bonds. The van der Waals surface area contributed by atoms with Gasteiger partial charge in [0.2, 0.25) is 0 Å². The van der Waals surface area contributed by atoms with Gasteiger partial charge in [-0.2, -0.15) is 10.5 Å². The predicted octanol–water partition coefficient (Wildman–Crippen LogP) is 2.25. The second-order valence-corrected chi connectivity index (χ2v) is 3.43. The Bertz CT molecular complexity index is 584. The summed E-state index contributed by atoms with van der Waals surface area (Å²) in [6.07, 6.45) is 0. The molecule has 17 heavy (non-hydrogen) atoms. The van der Waals surface area contributed by atoms with E-state index in [0.717, 1.165) is 0 Å². The standard InChI is InChI=1S/C13H8N2O2/c1-17-13-11(6-14)9-4-2-8(16)3-5-10(9)12(13)7-15/h2-5,16H,1H3. The van der Waals surface area contributed by atoms with Crippen molar-refractivity contribution in [2.45, 2.75) is 0 Å². The molecular weight excluding hydrogens is 216 g/mol. The van der Waals surface area contributed by atoms with Crippen molar-refractivity contribution in [2.75, 3.05) is 7.11 Å². The van der Waals surface area contributed by atoms with Gasteiger partial charge in [0, 0.05) is 11.1 Å². The summed E-state index contributed by atoms with van der Waals surface area (Å²) in [5, 5.41) is 27.6. The Morgan fingerprint density at radius 2 is 1.47 bits per heavy atom. The molecule has 4 heteroatoms. The van der Waals surface area contributed by atoms with E-state index in [4.69, 9.17) is 15.3 Å². The van der Waals surface area contributed by atoms with Gasteiger partial charge in [-0.1, -0.05) is 0 Å². The summed E-state index contributed by atoms with van der Waals surface area (Å²) in [4.78, 5) is 0. The van der Waals surface area contributed by atoms with Crippen LogP contribution in [-0.4, -0.2) is 12.2 Å². The normalized spacial score (nSPS) is 9.59. The monoisotopic (exact) mass is 224 g/mol. The van der Waals surface area contributed by atoms with Gasteiger partial charge >= 0.3 is 0 Å². The number of methoxy groups -OCH3 is 1. The molecule has 2 aliphatic carbocycles. The molecule has 0 spiro atoms. The maximum Gasteiger partial charge on any atom is 0.155 e. The van der Waals surface area contributed by atoms with Crippen LogP contribution in [0.4, 0.5) is 0 Å². The Labute approximate surface area is 98.3 Å². The van der Waals surface area contributed by atoms with E-state index < -0.39 is 0 Å². The lowest BCUT2D eigenvalue weighted by Crippen LogP contribution is -1.85. The molecule has 0 aromatic heterocycles. The SMILES string of the molecule is COc1c(C#N)c2ccc(O)ccc-2c1C#N. The summed E-state index contributed by atoms with van der Waals surface area (Å²) in [5.74, 6) is 0.364. The molecule has 0 aliphatic heterocycles. The van der Waals surface area contributed by atoms with Gasteiger partial charge in [-0.15, -0.1) is 0 Å². The molecule has 0 saturated carbocycles. The minimum Gasteiger partial charge on any atom is -0.508 e. The van der Waals surface area contributed by atoms with Crippen LogP contribution >= 0.6 is 0 Å². The number of ether oxygens (including phenoxy) is 1. The lowest BCUT2D eigenvalue weighted by Gasteiger charge is -1.95. The van der Waals surface area contributed by atoms with Crippen molar-refractivity contribution in [1.82, 2.24) is 0 Å². The van der Waals surface area contributed by atoms with Crippen molar-refractivity contribution in [3.63, 3.8) is 0 Å². The summed E-state index contributed by atoms with van der Waals surface area (Å²) in [6, 6.07) is 10.2. The molecule has 0 unspecified atom stereocenters. The first-order valence-corrected chi connectivity index (χ1v) is 4.85. The van der Waals surface area contributed by atoms with Gasteiger partial charge in [-0.05, 0) is 24.3 Å². The molecule has 2 rings (SSSR count). The Balaban J connectivity index is 2.92. The Hall–Kier alpha value is -2.72. The van der Waals surface area contributed by atoms with E-state index in [-0.39, 0.29) is 11.5 Å². The minimum atomic E-state index is 0.0768. The van der Waals surface area contributed by atoms with Crippen molar-refractivity contribution in [3.8, 4) is 34.8 Å². The number of nitrogens with zero attached hydrogens (tertiary/aromatic N) is 2. The highest BCUT2D eigenvalue weighted by Gasteiger charge is 2.23. The van der Waals surface area contributed by atoms with Crippen LogP contribution in [0.2, 0.25) is 0 Å². The van der Waals surface area contributed by atoms with Gasteiger partial charge in [0.05, 0.1) is 7.11 Å². The molecule has 1 N–H and O–H groups in total. The molecular formula is C13H8N2O2. The fourth-order valence-electron chi connectivity index (χ4n) is 1.80. The van der Waals surface area contributed by atoms with Crippen molar-refractivity contribution < 1.29 is 9.84 Å². The Morgan fingerprint density at radius 3 is 1.82 bits per heavy atom. The van der Waals surface area contributed by atoms with Gasteiger partial charge in [0.25, 0.3) is 0 Å². The van der Waals surface area contributed by atoms with Gasteiger partial charge in [0.15, 0.2) is 5.75 Å². The van der Waals surface area contributed by atoms with E-state index in [0.29, 0.717) is 22.3 Å². The van der Waals surface area contributed by atoms with Crippen molar-refractivity contribution >= 4 is 0 Å². The summed E-state index contributed by atoms with van der Waals surface area (Å²) < 4.78 is 5.10. The number of hydrogen-bond acceptors (Lipinski definition) is 4. The minimum absolute atomic E-state index is 0.0768. The van der Waals surface area contributed by atoms with Crippen molar-refractivity contribution in [3.05, 3.63) is 35.4 Å². The third-order valence-electron chi connectivity index (χ3n) is 2.55. The highest BCUT2D eigenvalue weighted by molar-refractivity contribution is 5.86. The second-order valence-electron chi connectivity index (χ2n) is 3.43. The first-order valence-electron chi connectivity index (χ1n) is 4.85. The fraction of sp³-hybridized carbons (Fsp3) is 0.0769. The van der Waals surface area contributed by atoms with Crippen LogP contribution in [0.1, 0.15) is 11.1 Å². The van der Waals surface area contributed by atoms with Crippen LogP contribution in [0, 0.1) is 22.7 Å². The van der Waals surface area contributed by atoms with Crippen LogP contribution in [0.15, 0.2) is 24.3 Å². The molecule has 0 radical (unpaired) electrons. The molecule has 2 aliphatic rings. The molecule has 4 nitrogen and oxygen atoms in total. The highest BCUT2D eigenvalue weighted by Crippen LogP contribution is 2.41. The third-order valence-corrected chi connectivity index (χ3v) is 2.55. The van der Waals surface area contributed by atoms with Crippen LogP contribution in [0.3, 0.4) is 0 Å². The van der Waals surface area contributed by atoms with E-state index in [2.05, 4.69) is 0 Å². The predicted molar refractivity (Wildman–Crippen MR) is 60.7 cm³/mol. The number of rotatable bonds is 1. The highest BCUT2D eigenvalue weighted by atomic mass is 16.5.